The van der Waals surface area contributed by atoms with E-state index in [1.807, 2.05) is 28.9 Å². The first kappa shape index (κ1) is 11.9. The van der Waals surface area contributed by atoms with Gasteiger partial charge in [0.1, 0.15) is 5.52 Å². The molecule has 0 aliphatic heterocycles. The van der Waals surface area contributed by atoms with Crippen LogP contribution >= 0.6 is 0 Å². The molecule has 4 aromatic rings. The van der Waals surface area contributed by atoms with Gasteiger partial charge in [0.2, 0.25) is 0 Å². The van der Waals surface area contributed by atoms with Crippen molar-refractivity contribution in [2.45, 2.75) is 19.3 Å². The number of rotatable bonds is 1. The number of para-hydroxylation sites is 2. The second kappa shape index (κ2) is 4.37. The Morgan fingerprint density at radius 2 is 1.68 bits per heavy atom. The number of nitrogens with zero attached hydrogens (tertiary/aromatic N) is 4. The van der Waals surface area contributed by atoms with Crippen molar-refractivity contribution >= 4 is 21.9 Å². The average molecular weight is 286 g/mol. The van der Waals surface area contributed by atoms with Crippen LogP contribution in [0.2, 0.25) is 0 Å². The van der Waals surface area contributed by atoms with Crippen LogP contribution in [0.25, 0.3) is 27.6 Å². The van der Waals surface area contributed by atoms with Crippen LogP contribution < -0.4 is 0 Å². The van der Waals surface area contributed by atoms with Crippen LogP contribution in [0.3, 0.4) is 0 Å². The second-order valence-electron chi connectivity index (χ2n) is 5.75. The molecule has 0 saturated heterocycles. The summed E-state index contributed by atoms with van der Waals surface area (Å²) in [7, 11) is 0. The SMILES string of the molecule is c1ccc2c(-n3nnc4ccccc43)c3c(nc2c1)CCC3. The maximum atomic E-state index is 4.84. The van der Waals surface area contributed by atoms with Crippen molar-refractivity contribution in [1.29, 1.82) is 0 Å². The van der Waals surface area contributed by atoms with Gasteiger partial charge in [0.05, 0.1) is 16.7 Å². The first-order valence-electron chi connectivity index (χ1n) is 7.63. The summed E-state index contributed by atoms with van der Waals surface area (Å²) in [5.41, 5.74) is 6.72. The summed E-state index contributed by atoms with van der Waals surface area (Å²) < 4.78 is 1.99. The Labute approximate surface area is 127 Å². The van der Waals surface area contributed by atoms with Crippen molar-refractivity contribution < 1.29 is 0 Å². The quantitative estimate of drug-likeness (QED) is 0.538. The molecular weight excluding hydrogens is 272 g/mol. The van der Waals surface area contributed by atoms with E-state index in [1.54, 1.807) is 0 Å². The minimum atomic E-state index is 0.926. The van der Waals surface area contributed by atoms with Crippen molar-refractivity contribution in [2.24, 2.45) is 0 Å². The van der Waals surface area contributed by atoms with Gasteiger partial charge in [-0.25, -0.2) is 4.68 Å². The van der Waals surface area contributed by atoms with E-state index in [1.165, 1.54) is 11.3 Å². The lowest BCUT2D eigenvalue weighted by Crippen LogP contribution is -2.04. The number of pyridine rings is 1. The monoisotopic (exact) mass is 286 g/mol. The van der Waals surface area contributed by atoms with Gasteiger partial charge in [-0.3, -0.25) is 4.98 Å². The molecule has 2 heterocycles. The van der Waals surface area contributed by atoms with Crippen molar-refractivity contribution in [3.63, 3.8) is 0 Å². The lowest BCUT2D eigenvalue weighted by molar-refractivity contribution is 0.816. The van der Waals surface area contributed by atoms with Gasteiger partial charge in [0.15, 0.2) is 0 Å². The number of aryl methyl sites for hydroxylation is 1. The Morgan fingerprint density at radius 3 is 2.64 bits per heavy atom. The molecule has 2 aromatic heterocycles. The Morgan fingerprint density at radius 1 is 0.864 bits per heavy atom. The summed E-state index contributed by atoms with van der Waals surface area (Å²) in [6.45, 7) is 0. The van der Waals surface area contributed by atoms with E-state index < -0.39 is 0 Å². The largest absolute Gasteiger partial charge is 0.252 e. The molecule has 1 aliphatic rings. The van der Waals surface area contributed by atoms with Crippen LogP contribution in [0.1, 0.15) is 17.7 Å². The maximum Gasteiger partial charge on any atom is 0.113 e. The van der Waals surface area contributed by atoms with Crippen molar-refractivity contribution in [3.05, 3.63) is 59.8 Å². The van der Waals surface area contributed by atoms with Gasteiger partial charge < -0.3 is 0 Å². The predicted molar refractivity (Wildman–Crippen MR) is 86.2 cm³/mol. The molecule has 0 amide bonds. The molecule has 0 atom stereocenters. The third kappa shape index (κ3) is 1.55. The Bertz CT molecular complexity index is 1020. The summed E-state index contributed by atoms with van der Waals surface area (Å²) in [4.78, 5) is 4.84. The number of fused-ring (bicyclic) bond motifs is 3. The lowest BCUT2D eigenvalue weighted by atomic mass is 10.1. The fourth-order valence-corrected chi connectivity index (χ4v) is 3.46. The van der Waals surface area contributed by atoms with Gasteiger partial charge in [-0.05, 0) is 37.5 Å². The van der Waals surface area contributed by atoms with Crippen molar-refractivity contribution in [3.8, 4) is 5.69 Å². The summed E-state index contributed by atoms with van der Waals surface area (Å²) in [6, 6.07) is 16.4. The highest BCUT2D eigenvalue weighted by atomic mass is 15.4. The Balaban J connectivity index is 1.95. The minimum absolute atomic E-state index is 0.926. The molecule has 0 unspecified atom stereocenters. The summed E-state index contributed by atoms with van der Waals surface area (Å²) in [6.07, 6.45) is 3.29. The Hall–Kier alpha value is -2.75. The van der Waals surface area contributed by atoms with E-state index in [-0.39, 0.29) is 0 Å². The summed E-state index contributed by atoms with van der Waals surface area (Å²) >= 11 is 0. The molecule has 0 N–H and O–H groups in total. The zero-order valence-electron chi connectivity index (χ0n) is 12.0. The first-order chi connectivity index (χ1) is 10.9. The third-order valence-corrected chi connectivity index (χ3v) is 4.45. The van der Waals surface area contributed by atoms with Gasteiger partial charge in [0, 0.05) is 16.6 Å². The number of hydrogen-bond donors (Lipinski definition) is 0. The average Bonchev–Trinajstić information content (AvgIpc) is 3.19. The van der Waals surface area contributed by atoms with Crippen LogP contribution in [-0.4, -0.2) is 20.0 Å². The van der Waals surface area contributed by atoms with Gasteiger partial charge in [0.25, 0.3) is 0 Å². The second-order valence-corrected chi connectivity index (χ2v) is 5.75. The van der Waals surface area contributed by atoms with E-state index in [2.05, 4.69) is 34.6 Å². The molecule has 4 nitrogen and oxygen atoms in total. The lowest BCUT2D eigenvalue weighted by Gasteiger charge is -2.12. The molecule has 4 heteroatoms. The topological polar surface area (TPSA) is 43.6 Å². The van der Waals surface area contributed by atoms with Gasteiger partial charge in [-0.15, -0.1) is 5.10 Å². The molecule has 0 spiro atoms. The van der Waals surface area contributed by atoms with Crippen LogP contribution in [0.15, 0.2) is 48.5 Å². The van der Waals surface area contributed by atoms with Gasteiger partial charge >= 0.3 is 0 Å². The van der Waals surface area contributed by atoms with E-state index in [0.29, 0.717) is 0 Å². The molecule has 0 fully saturated rings. The van der Waals surface area contributed by atoms with Crippen LogP contribution in [0.4, 0.5) is 0 Å². The third-order valence-electron chi connectivity index (χ3n) is 4.45. The standard InChI is InChI=1S/C18H14N4/c1-2-8-14-12(6-1)18(13-7-5-10-15(13)19-14)22-17-11-4-3-9-16(17)20-21-22/h1-4,6,8-9,11H,5,7,10H2. The van der Waals surface area contributed by atoms with Crippen molar-refractivity contribution in [1.82, 2.24) is 20.0 Å². The van der Waals surface area contributed by atoms with E-state index in [4.69, 9.17) is 4.98 Å². The molecule has 0 bridgehead atoms. The highest BCUT2D eigenvalue weighted by Gasteiger charge is 2.22. The fourth-order valence-electron chi connectivity index (χ4n) is 3.46. The van der Waals surface area contributed by atoms with Crippen LogP contribution in [-0.2, 0) is 12.8 Å². The number of aromatic nitrogens is 4. The molecular formula is C18H14N4. The van der Waals surface area contributed by atoms with Gasteiger partial charge in [-0.2, -0.15) is 0 Å². The van der Waals surface area contributed by atoms with E-state index in [9.17, 15) is 0 Å². The molecule has 2 aromatic carbocycles. The molecule has 0 saturated carbocycles. The predicted octanol–water partition coefficient (Wildman–Crippen LogP) is 3.46. The molecule has 0 radical (unpaired) electrons. The molecule has 106 valence electrons. The van der Waals surface area contributed by atoms with E-state index >= 15 is 0 Å². The Kier molecular flexibility index (Phi) is 2.36. The molecule has 1 aliphatic carbocycles. The van der Waals surface area contributed by atoms with Crippen LogP contribution in [0.5, 0.6) is 0 Å². The smallest absolute Gasteiger partial charge is 0.113 e. The van der Waals surface area contributed by atoms with E-state index in [0.717, 1.165) is 46.9 Å². The first-order valence-corrected chi connectivity index (χ1v) is 7.63. The highest BCUT2D eigenvalue weighted by molar-refractivity contribution is 5.91. The fraction of sp³-hybridized carbons (Fsp3) is 0.167. The highest BCUT2D eigenvalue weighted by Crippen LogP contribution is 2.33. The zero-order valence-corrected chi connectivity index (χ0v) is 12.0. The summed E-state index contributed by atoms with van der Waals surface area (Å²) in [5, 5.41) is 9.90. The number of hydrogen-bond acceptors (Lipinski definition) is 3. The normalized spacial score (nSPS) is 13.8. The molecule has 22 heavy (non-hydrogen) atoms. The minimum Gasteiger partial charge on any atom is -0.252 e. The number of benzene rings is 2. The van der Waals surface area contributed by atoms with Crippen molar-refractivity contribution in [2.75, 3.05) is 0 Å². The summed E-state index contributed by atoms with van der Waals surface area (Å²) in [5.74, 6) is 0. The van der Waals surface area contributed by atoms with Crippen LogP contribution in [0, 0.1) is 0 Å². The molecule has 5 rings (SSSR count). The van der Waals surface area contributed by atoms with Gasteiger partial charge in [-0.1, -0.05) is 35.5 Å². The zero-order chi connectivity index (χ0) is 14.5. The maximum absolute atomic E-state index is 4.84.